The van der Waals surface area contributed by atoms with Gasteiger partial charge in [0.2, 0.25) is 5.95 Å². The van der Waals surface area contributed by atoms with Gasteiger partial charge in [0.05, 0.1) is 11.0 Å². The fourth-order valence-electron chi connectivity index (χ4n) is 2.19. The van der Waals surface area contributed by atoms with Crippen LogP contribution in [0.15, 0.2) is 18.2 Å². The van der Waals surface area contributed by atoms with Crippen LogP contribution in [0.3, 0.4) is 0 Å². The van der Waals surface area contributed by atoms with Crippen molar-refractivity contribution in [2.75, 3.05) is 11.9 Å². The molecule has 0 saturated heterocycles. The van der Waals surface area contributed by atoms with Crippen molar-refractivity contribution in [3.63, 3.8) is 0 Å². The Balaban J connectivity index is 2.24. The van der Waals surface area contributed by atoms with E-state index in [1.807, 2.05) is 0 Å². The SMILES string of the molecule is CCc1ccc2nc3n(c2c1)CCCN3. The summed E-state index contributed by atoms with van der Waals surface area (Å²) in [6, 6.07) is 6.56. The van der Waals surface area contributed by atoms with Crippen molar-refractivity contribution < 1.29 is 0 Å². The van der Waals surface area contributed by atoms with Crippen molar-refractivity contribution in [2.45, 2.75) is 26.3 Å². The van der Waals surface area contributed by atoms with Gasteiger partial charge < -0.3 is 9.88 Å². The van der Waals surface area contributed by atoms with Crippen LogP contribution in [0, 0.1) is 0 Å². The first-order valence-corrected chi connectivity index (χ1v) is 5.61. The molecular weight excluding hydrogens is 186 g/mol. The minimum atomic E-state index is 1.03. The highest BCUT2D eigenvalue weighted by Crippen LogP contribution is 2.23. The third-order valence-corrected chi connectivity index (χ3v) is 3.06. The van der Waals surface area contributed by atoms with Gasteiger partial charge in [-0.1, -0.05) is 13.0 Å². The van der Waals surface area contributed by atoms with E-state index in [-0.39, 0.29) is 0 Å². The van der Waals surface area contributed by atoms with Crippen LogP contribution in [-0.4, -0.2) is 16.1 Å². The number of aryl methyl sites for hydroxylation is 2. The molecule has 2 heterocycles. The highest BCUT2D eigenvalue weighted by molar-refractivity contribution is 5.79. The summed E-state index contributed by atoms with van der Waals surface area (Å²) in [4.78, 5) is 4.58. The Morgan fingerprint density at radius 3 is 3.27 bits per heavy atom. The van der Waals surface area contributed by atoms with Gasteiger partial charge in [0, 0.05) is 13.1 Å². The van der Waals surface area contributed by atoms with Crippen LogP contribution in [0.1, 0.15) is 18.9 Å². The van der Waals surface area contributed by atoms with Gasteiger partial charge in [-0.05, 0) is 30.5 Å². The van der Waals surface area contributed by atoms with Gasteiger partial charge >= 0.3 is 0 Å². The summed E-state index contributed by atoms with van der Waals surface area (Å²) in [6.07, 6.45) is 2.28. The van der Waals surface area contributed by atoms with E-state index in [0.717, 1.165) is 31.0 Å². The summed E-state index contributed by atoms with van der Waals surface area (Å²) in [5.41, 5.74) is 3.77. The van der Waals surface area contributed by atoms with E-state index in [2.05, 4.69) is 40.0 Å². The summed E-state index contributed by atoms with van der Waals surface area (Å²) in [5, 5.41) is 3.34. The molecule has 0 aliphatic carbocycles. The van der Waals surface area contributed by atoms with Gasteiger partial charge in [-0.2, -0.15) is 0 Å². The second-order valence-corrected chi connectivity index (χ2v) is 4.04. The summed E-state index contributed by atoms with van der Waals surface area (Å²) < 4.78 is 2.29. The van der Waals surface area contributed by atoms with E-state index in [1.165, 1.54) is 17.5 Å². The van der Waals surface area contributed by atoms with Crippen LogP contribution < -0.4 is 5.32 Å². The molecule has 15 heavy (non-hydrogen) atoms. The maximum atomic E-state index is 4.58. The number of aromatic nitrogens is 2. The largest absolute Gasteiger partial charge is 0.356 e. The van der Waals surface area contributed by atoms with Gasteiger partial charge in [0.1, 0.15) is 0 Å². The number of anilines is 1. The number of hydrogen-bond acceptors (Lipinski definition) is 2. The average molecular weight is 201 g/mol. The normalized spacial score (nSPS) is 15.0. The Hall–Kier alpha value is -1.51. The Morgan fingerprint density at radius 2 is 2.40 bits per heavy atom. The maximum absolute atomic E-state index is 4.58. The third kappa shape index (κ3) is 1.30. The molecule has 0 spiro atoms. The van der Waals surface area contributed by atoms with Gasteiger partial charge in [-0.15, -0.1) is 0 Å². The third-order valence-electron chi connectivity index (χ3n) is 3.06. The second-order valence-electron chi connectivity index (χ2n) is 4.04. The molecule has 1 aromatic carbocycles. The lowest BCUT2D eigenvalue weighted by atomic mass is 10.1. The maximum Gasteiger partial charge on any atom is 0.203 e. The van der Waals surface area contributed by atoms with Gasteiger partial charge in [-0.25, -0.2) is 4.98 Å². The molecule has 1 aliphatic heterocycles. The van der Waals surface area contributed by atoms with E-state index < -0.39 is 0 Å². The first-order valence-electron chi connectivity index (χ1n) is 5.61. The first kappa shape index (κ1) is 8.77. The Morgan fingerprint density at radius 1 is 1.47 bits per heavy atom. The van der Waals surface area contributed by atoms with Crippen molar-refractivity contribution in [2.24, 2.45) is 0 Å². The molecule has 3 nitrogen and oxygen atoms in total. The number of hydrogen-bond donors (Lipinski definition) is 1. The summed E-state index contributed by atoms with van der Waals surface area (Å²) >= 11 is 0. The van der Waals surface area contributed by atoms with Crippen LogP contribution >= 0.6 is 0 Å². The molecule has 3 heteroatoms. The second kappa shape index (κ2) is 3.26. The molecule has 78 valence electrons. The Kier molecular flexibility index (Phi) is 1.91. The molecule has 1 aromatic heterocycles. The number of nitrogens with zero attached hydrogens (tertiary/aromatic N) is 2. The number of fused-ring (bicyclic) bond motifs is 3. The zero-order valence-electron chi connectivity index (χ0n) is 8.95. The number of nitrogens with one attached hydrogen (secondary N) is 1. The molecule has 0 saturated carbocycles. The van der Waals surface area contributed by atoms with E-state index in [9.17, 15) is 0 Å². The molecule has 1 aliphatic rings. The number of benzene rings is 1. The molecule has 0 amide bonds. The Bertz CT molecular complexity index is 499. The summed E-state index contributed by atoms with van der Waals surface area (Å²) in [6.45, 7) is 4.32. The minimum absolute atomic E-state index is 1.03. The standard InChI is InChI=1S/C12H15N3/c1-2-9-4-5-10-11(8-9)15-7-3-6-13-12(15)14-10/h4-5,8H,2-3,6-7H2,1H3,(H,13,14). The van der Waals surface area contributed by atoms with Crippen LogP contribution in [-0.2, 0) is 13.0 Å². The topological polar surface area (TPSA) is 29.9 Å². The molecule has 0 radical (unpaired) electrons. The highest BCUT2D eigenvalue weighted by atomic mass is 15.2. The first-order chi connectivity index (χ1) is 7.38. The molecule has 0 bridgehead atoms. The van der Waals surface area contributed by atoms with E-state index in [4.69, 9.17) is 0 Å². The van der Waals surface area contributed by atoms with Crippen molar-refractivity contribution in [1.82, 2.24) is 9.55 Å². The van der Waals surface area contributed by atoms with Gasteiger partial charge in [0.25, 0.3) is 0 Å². The van der Waals surface area contributed by atoms with Crippen molar-refractivity contribution in [3.05, 3.63) is 23.8 Å². The zero-order chi connectivity index (χ0) is 10.3. The van der Waals surface area contributed by atoms with Crippen molar-refractivity contribution >= 4 is 17.0 Å². The van der Waals surface area contributed by atoms with Crippen molar-refractivity contribution in [1.29, 1.82) is 0 Å². The average Bonchev–Trinajstić information content (AvgIpc) is 2.66. The van der Waals surface area contributed by atoms with Gasteiger partial charge in [0.15, 0.2) is 0 Å². The minimum Gasteiger partial charge on any atom is -0.356 e. The predicted molar refractivity (Wildman–Crippen MR) is 62.2 cm³/mol. The smallest absolute Gasteiger partial charge is 0.203 e. The summed E-state index contributed by atoms with van der Waals surface area (Å²) in [5.74, 6) is 1.03. The Labute approximate surface area is 89.1 Å². The van der Waals surface area contributed by atoms with Crippen molar-refractivity contribution in [3.8, 4) is 0 Å². The van der Waals surface area contributed by atoms with Crippen LogP contribution in [0.4, 0.5) is 5.95 Å². The quantitative estimate of drug-likeness (QED) is 0.768. The molecule has 1 N–H and O–H groups in total. The van der Waals surface area contributed by atoms with E-state index >= 15 is 0 Å². The van der Waals surface area contributed by atoms with Crippen LogP contribution in [0.2, 0.25) is 0 Å². The fraction of sp³-hybridized carbons (Fsp3) is 0.417. The fourth-order valence-corrected chi connectivity index (χ4v) is 2.19. The summed E-state index contributed by atoms with van der Waals surface area (Å²) in [7, 11) is 0. The van der Waals surface area contributed by atoms with Gasteiger partial charge in [-0.3, -0.25) is 0 Å². The lowest BCUT2D eigenvalue weighted by Gasteiger charge is -2.15. The van der Waals surface area contributed by atoms with E-state index in [1.54, 1.807) is 0 Å². The number of imidazole rings is 1. The lowest BCUT2D eigenvalue weighted by Crippen LogP contribution is -2.16. The molecule has 2 aromatic rings. The van der Waals surface area contributed by atoms with Crippen LogP contribution in [0.5, 0.6) is 0 Å². The molecule has 3 rings (SSSR count). The molecule has 0 unspecified atom stereocenters. The monoisotopic (exact) mass is 201 g/mol. The molecule has 0 atom stereocenters. The zero-order valence-corrected chi connectivity index (χ0v) is 8.95. The number of rotatable bonds is 1. The lowest BCUT2D eigenvalue weighted by molar-refractivity contribution is 0.642. The molecular formula is C12H15N3. The molecule has 0 fully saturated rings. The van der Waals surface area contributed by atoms with E-state index in [0.29, 0.717) is 0 Å². The highest BCUT2D eigenvalue weighted by Gasteiger charge is 2.13. The predicted octanol–water partition coefficient (Wildman–Crippen LogP) is 2.41. The van der Waals surface area contributed by atoms with Crippen LogP contribution in [0.25, 0.3) is 11.0 Å².